The van der Waals surface area contributed by atoms with Gasteiger partial charge in [0.2, 0.25) is 0 Å². The molecule has 1 N–H and O–H groups in total. The Morgan fingerprint density at radius 1 is 1.13 bits per heavy atom. The molecule has 4 rings (SSSR count). The van der Waals surface area contributed by atoms with Crippen LogP contribution in [0.1, 0.15) is 36.2 Å². The molecular formula is C28H24FIN2O4S2. The standard InChI is InChI=1S/C28H24FIN2O4S2/c1-3-12-36-25-22(30)13-17(14-23(25)35-4-2)15-24-27(34)32(28(37)38-24)21-7-5-6-18(16-21)26(33)31-20-10-8-19(29)9-11-20/h5-11,13-16H,3-4,12H2,1-2H3,(H,31,33)/b24-15+. The van der Waals surface area contributed by atoms with E-state index in [4.69, 9.17) is 21.7 Å². The van der Waals surface area contributed by atoms with Crippen LogP contribution in [0.25, 0.3) is 6.08 Å². The summed E-state index contributed by atoms with van der Waals surface area (Å²) in [4.78, 5) is 28.0. The summed E-state index contributed by atoms with van der Waals surface area (Å²) in [6.07, 6.45) is 2.65. The van der Waals surface area contributed by atoms with Crippen molar-refractivity contribution in [3.05, 3.63) is 86.1 Å². The third-order valence-electron chi connectivity index (χ3n) is 5.34. The zero-order valence-corrected chi connectivity index (χ0v) is 24.4. The van der Waals surface area contributed by atoms with Crippen LogP contribution < -0.4 is 19.7 Å². The average molecular weight is 663 g/mol. The van der Waals surface area contributed by atoms with Gasteiger partial charge in [-0.25, -0.2) is 4.39 Å². The fraction of sp³-hybridized carbons (Fsp3) is 0.179. The fourth-order valence-corrected chi connectivity index (χ4v) is 5.72. The third kappa shape index (κ3) is 6.54. The number of anilines is 2. The highest BCUT2D eigenvalue weighted by Crippen LogP contribution is 2.39. The Morgan fingerprint density at radius 2 is 1.89 bits per heavy atom. The molecule has 38 heavy (non-hydrogen) atoms. The molecule has 0 unspecified atom stereocenters. The maximum Gasteiger partial charge on any atom is 0.270 e. The number of halogens is 2. The second-order valence-corrected chi connectivity index (χ2v) is 11.0. The molecule has 1 fully saturated rings. The highest BCUT2D eigenvalue weighted by atomic mass is 127. The quantitative estimate of drug-likeness (QED) is 0.148. The summed E-state index contributed by atoms with van der Waals surface area (Å²) in [6, 6.07) is 15.9. The molecule has 0 radical (unpaired) electrons. The molecule has 196 valence electrons. The summed E-state index contributed by atoms with van der Waals surface area (Å²) in [5.41, 5.74) is 2.07. The first-order chi connectivity index (χ1) is 18.3. The van der Waals surface area contributed by atoms with Gasteiger partial charge >= 0.3 is 0 Å². The van der Waals surface area contributed by atoms with Gasteiger partial charge in [-0.15, -0.1) is 0 Å². The lowest BCUT2D eigenvalue weighted by Crippen LogP contribution is -2.27. The molecular weight excluding hydrogens is 638 g/mol. The Bertz CT molecular complexity index is 1410. The fourth-order valence-electron chi connectivity index (χ4n) is 3.64. The van der Waals surface area contributed by atoms with Crippen LogP contribution >= 0.6 is 46.6 Å². The number of nitrogens with zero attached hydrogens (tertiary/aromatic N) is 1. The van der Waals surface area contributed by atoms with E-state index in [1.807, 2.05) is 26.0 Å². The van der Waals surface area contributed by atoms with Gasteiger partial charge in [0.05, 0.1) is 27.4 Å². The minimum Gasteiger partial charge on any atom is -0.490 e. The van der Waals surface area contributed by atoms with Crippen molar-refractivity contribution in [1.82, 2.24) is 0 Å². The lowest BCUT2D eigenvalue weighted by molar-refractivity contribution is -0.113. The highest BCUT2D eigenvalue weighted by Gasteiger charge is 2.33. The van der Waals surface area contributed by atoms with Crippen LogP contribution in [-0.4, -0.2) is 29.3 Å². The topological polar surface area (TPSA) is 67.9 Å². The largest absolute Gasteiger partial charge is 0.490 e. The van der Waals surface area contributed by atoms with Crippen molar-refractivity contribution < 1.29 is 23.5 Å². The number of carbonyl (C=O) groups excluding carboxylic acids is 2. The SMILES string of the molecule is CCCOc1c(I)cc(/C=C2/SC(=S)N(c3cccc(C(=O)Nc4ccc(F)cc4)c3)C2=O)cc1OCC. The molecule has 0 atom stereocenters. The normalized spacial score (nSPS) is 14.2. The predicted molar refractivity (Wildman–Crippen MR) is 163 cm³/mol. The summed E-state index contributed by atoms with van der Waals surface area (Å²) in [6.45, 7) is 5.00. The van der Waals surface area contributed by atoms with Gasteiger partial charge in [-0.3, -0.25) is 14.5 Å². The van der Waals surface area contributed by atoms with Gasteiger partial charge in [-0.1, -0.05) is 37.0 Å². The van der Waals surface area contributed by atoms with Crippen LogP contribution in [-0.2, 0) is 4.79 Å². The van der Waals surface area contributed by atoms with E-state index in [0.717, 1.165) is 15.6 Å². The summed E-state index contributed by atoms with van der Waals surface area (Å²) in [7, 11) is 0. The van der Waals surface area contributed by atoms with Crippen molar-refractivity contribution in [2.24, 2.45) is 0 Å². The molecule has 1 saturated heterocycles. The van der Waals surface area contributed by atoms with Gasteiger partial charge in [0.15, 0.2) is 15.8 Å². The smallest absolute Gasteiger partial charge is 0.270 e. The maximum absolute atomic E-state index is 13.4. The molecule has 3 aromatic carbocycles. The van der Waals surface area contributed by atoms with Crippen molar-refractivity contribution >= 4 is 80.2 Å². The number of rotatable bonds is 9. The van der Waals surface area contributed by atoms with Gasteiger partial charge in [0, 0.05) is 11.3 Å². The van der Waals surface area contributed by atoms with E-state index in [0.29, 0.717) is 50.9 Å². The van der Waals surface area contributed by atoms with E-state index in [-0.39, 0.29) is 11.8 Å². The summed E-state index contributed by atoms with van der Waals surface area (Å²) in [5, 5.41) is 2.72. The minimum atomic E-state index is -0.392. The van der Waals surface area contributed by atoms with Gasteiger partial charge in [-0.05, 0) is 102 Å². The summed E-state index contributed by atoms with van der Waals surface area (Å²) < 4.78 is 26.1. The molecule has 0 bridgehead atoms. The molecule has 6 nitrogen and oxygen atoms in total. The number of hydrogen-bond donors (Lipinski definition) is 1. The van der Waals surface area contributed by atoms with E-state index in [1.165, 1.54) is 40.9 Å². The van der Waals surface area contributed by atoms with E-state index in [9.17, 15) is 14.0 Å². The monoisotopic (exact) mass is 662 g/mol. The zero-order chi connectivity index (χ0) is 27.2. The highest BCUT2D eigenvalue weighted by molar-refractivity contribution is 14.1. The number of carbonyl (C=O) groups is 2. The third-order valence-corrected chi connectivity index (χ3v) is 7.45. The minimum absolute atomic E-state index is 0.282. The second kappa shape index (κ2) is 12.7. The molecule has 0 saturated carbocycles. The average Bonchev–Trinajstić information content (AvgIpc) is 3.17. The number of ether oxygens (including phenoxy) is 2. The lowest BCUT2D eigenvalue weighted by atomic mass is 10.1. The predicted octanol–water partition coefficient (Wildman–Crippen LogP) is 7.28. The Kier molecular flexibility index (Phi) is 9.40. The van der Waals surface area contributed by atoms with Crippen molar-refractivity contribution in [2.75, 3.05) is 23.4 Å². The van der Waals surface area contributed by atoms with Crippen LogP contribution in [0.4, 0.5) is 15.8 Å². The molecule has 0 aromatic heterocycles. The van der Waals surface area contributed by atoms with Crippen LogP contribution in [0.3, 0.4) is 0 Å². The molecule has 0 aliphatic carbocycles. The second-order valence-electron chi connectivity index (χ2n) is 8.14. The van der Waals surface area contributed by atoms with E-state index < -0.39 is 5.82 Å². The number of thiocarbonyl (C=S) groups is 1. The Morgan fingerprint density at radius 3 is 2.61 bits per heavy atom. The zero-order valence-electron chi connectivity index (χ0n) is 20.6. The van der Waals surface area contributed by atoms with Crippen molar-refractivity contribution in [3.8, 4) is 11.5 Å². The van der Waals surface area contributed by atoms with Crippen LogP contribution in [0.2, 0.25) is 0 Å². The number of hydrogen-bond acceptors (Lipinski definition) is 6. The van der Waals surface area contributed by atoms with Gasteiger partial charge in [0.25, 0.3) is 11.8 Å². The molecule has 10 heteroatoms. The molecule has 1 aliphatic heterocycles. The van der Waals surface area contributed by atoms with Gasteiger partial charge < -0.3 is 14.8 Å². The van der Waals surface area contributed by atoms with Gasteiger partial charge in [-0.2, -0.15) is 0 Å². The molecule has 1 heterocycles. The Hall–Kier alpha value is -2.96. The number of benzene rings is 3. The number of nitrogens with one attached hydrogen (secondary N) is 1. The van der Waals surface area contributed by atoms with Gasteiger partial charge in [0.1, 0.15) is 5.82 Å². The lowest BCUT2D eigenvalue weighted by Gasteiger charge is -2.16. The number of amides is 2. The molecule has 1 aliphatic rings. The Labute approximate surface area is 243 Å². The van der Waals surface area contributed by atoms with Crippen LogP contribution in [0.5, 0.6) is 11.5 Å². The van der Waals surface area contributed by atoms with Crippen LogP contribution in [0.15, 0.2) is 65.6 Å². The summed E-state index contributed by atoms with van der Waals surface area (Å²) in [5.74, 6) is 0.249. The Balaban J connectivity index is 1.57. The first kappa shape index (κ1) is 28.1. The molecule has 3 aromatic rings. The van der Waals surface area contributed by atoms with Crippen molar-refractivity contribution in [3.63, 3.8) is 0 Å². The van der Waals surface area contributed by atoms with Crippen molar-refractivity contribution in [1.29, 1.82) is 0 Å². The maximum atomic E-state index is 13.4. The van der Waals surface area contributed by atoms with Crippen molar-refractivity contribution in [2.45, 2.75) is 20.3 Å². The first-order valence-electron chi connectivity index (χ1n) is 11.8. The number of thioether (sulfide) groups is 1. The van der Waals surface area contributed by atoms with E-state index >= 15 is 0 Å². The van der Waals surface area contributed by atoms with E-state index in [2.05, 4.69) is 27.9 Å². The first-order valence-corrected chi connectivity index (χ1v) is 14.1. The van der Waals surface area contributed by atoms with Crippen LogP contribution in [0, 0.1) is 9.39 Å². The van der Waals surface area contributed by atoms with E-state index in [1.54, 1.807) is 30.3 Å². The summed E-state index contributed by atoms with van der Waals surface area (Å²) >= 11 is 8.92. The molecule has 0 spiro atoms. The molecule has 2 amide bonds.